The summed E-state index contributed by atoms with van der Waals surface area (Å²) in [7, 11) is 0. The maximum absolute atomic E-state index is 14.6. The number of allylic oxidation sites excluding steroid dienone is 5. The first-order chi connectivity index (χ1) is 17.9. The Morgan fingerprint density at radius 3 is 2.58 bits per heavy atom. The Balaban J connectivity index is 1.55. The number of hydrogen-bond acceptors (Lipinski definition) is 4. The van der Waals surface area contributed by atoms with Crippen molar-refractivity contribution in [3.63, 3.8) is 0 Å². The Kier molecular flexibility index (Phi) is 8.40. The van der Waals surface area contributed by atoms with Crippen LogP contribution in [0.4, 0.5) is 9.18 Å². The first-order valence-corrected chi connectivity index (χ1v) is 13.5. The van der Waals surface area contributed by atoms with Crippen molar-refractivity contribution >= 4 is 35.0 Å². The van der Waals surface area contributed by atoms with Crippen molar-refractivity contribution < 1.29 is 18.7 Å². The van der Waals surface area contributed by atoms with Crippen LogP contribution in [-0.4, -0.2) is 45.3 Å². The van der Waals surface area contributed by atoms with Gasteiger partial charge in [0.05, 0.1) is 21.8 Å². The van der Waals surface area contributed by atoms with E-state index in [0.29, 0.717) is 53.9 Å². The van der Waals surface area contributed by atoms with Crippen molar-refractivity contribution in [3.8, 4) is 0 Å². The number of aromatic nitrogens is 2. The summed E-state index contributed by atoms with van der Waals surface area (Å²) in [5, 5.41) is 0.884. The van der Waals surface area contributed by atoms with Gasteiger partial charge in [0, 0.05) is 30.4 Å². The molecule has 0 radical (unpaired) electrons. The van der Waals surface area contributed by atoms with E-state index in [1.54, 1.807) is 29.3 Å². The fourth-order valence-corrected chi connectivity index (χ4v) is 5.05. The van der Waals surface area contributed by atoms with Gasteiger partial charge >= 0.3 is 6.09 Å². The van der Waals surface area contributed by atoms with Gasteiger partial charge < -0.3 is 14.4 Å². The van der Waals surface area contributed by atoms with Gasteiger partial charge in [-0.05, 0) is 82.9 Å². The quantitative estimate of drug-likeness (QED) is 0.383. The van der Waals surface area contributed by atoms with Crippen molar-refractivity contribution in [1.29, 1.82) is 0 Å². The maximum Gasteiger partial charge on any atom is 0.410 e. The van der Waals surface area contributed by atoms with E-state index in [4.69, 9.17) is 37.7 Å². The molecule has 0 saturated carbocycles. The SMILES string of the molecule is C=C1C=CC(F)=CCC(C)(c2ccc(Cl)c(Cl)c2)c2cnc(COC3CCN(C(=O)OC(C)(C)C)CC3)n21. The smallest absolute Gasteiger partial charge is 0.410 e. The Labute approximate surface area is 233 Å². The molecule has 38 heavy (non-hydrogen) atoms. The van der Waals surface area contributed by atoms with Gasteiger partial charge in [-0.25, -0.2) is 14.2 Å². The lowest BCUT2D eigenvalue weighted by Crippen LogP contribution is -2.43. The van der Waals surface area contributed by atoms with E-state index >= 15 is 0 Å². The number of carbonyl (C=O) groups excluding carboxylic acids is 1. The summed E-state index contributed by atoms with van der Waals surface area (Å²) in [5.41, 5.74) is 1.11. The molecule has 1 unspecified atom stereocenters. The van der Waals surface area contributed by atoms with Gasteiger partial charge in [-0.2, -0.15) is 0 Å². The zero-order valence-corrected chi connectivity index (χ0v) is 23.8. The average molecular weight is 563 g/mol. The van der Waals surface area contributed by atoms with Gasteiger partial charge in [0.25, 0.3) is 0 Å². The van der Waals surface area contributed by atoms with Crippen molar-refractivity contribution in [2.24, 2.45) is 0 Å². The molecule has 6 nitrogen and oxygen atoms in total. The number of benzene rings is 1. The van der Waals surface area contributed by atoms with E-state index in [1.807, 2.05) is 44.4 Å². The minimum atomic E-state index is -0.662. The second-order valence-electron chi connectivity index (χ2n) is 11.0. The molecule has 1 aromatic carbocycles. The summed E-state index contributed by atoms with van der Waals surface area (Å²) in [4.78, 5) is 18.8. The molecule has 1 saturated heterocycles. The van der Waals surface area contributed by atoms with Gasteiger partial charge in [0.2, 0.25) is 0 Å². The Morgan fingerprint density at radius 1 is 1.21 bits per heavy atom. The number of ether oxygens (including phenoxy) is 2. The Morgan fingerprint density at radius 2 is 1.92 bits per heavy atom. The number of nitrogens with zero attached hydrogens (tertiary/aromatic N) is 3. The number of carbonyl (C=O) groups is 1. The minimum Gasteiger partial charge on any atom is -0.444 e. The molecule has 1 fully saturated rings. The molecule has 1 aromatic heterocycles. The number of amides is 1. The summed E-state index contributed by atoms with van der Waals surface area (Å²) >= 11 is 12.5. The second kappa shape index (κ2) is 11.2. The van der Waals surface area contributed by atoms with Crippen molar-refractivity contribution in [1.82, 2.24) is 14.5 Å². The predicted octanol–water partition coefficient (Wildman–Crippen LogP) is 7.70. The van der Waals surface area contributed by atoms with Crippen molar-refractivity contribution in [2.75, 3.05) is 13.1 Å². The zero-order chi connectivity index (χ0) is 27.7. The van der Waals surface area contributed by atoms with Crippen LogP contribution in [-0.2, 0) is 21.5 Å². The molecule has 9 heteroatoms. The molecule has 204 valence electrons. The third kappa shape index (κ3) is 6.33. The van der Waals surface area contributed by atoms with Crippen molar-refractivity contribution in [3.05, 3.63) is 82.2 Å². The molecule has 1 amide bonds. The minimum absolute atomic E-state index is 0.0256. The van der Waals surface area contributed by atoms with E-state index in [2.05, 4.69) is 6.58 Å². The topological polar surface area (TPSA) is 56.6 Å². The average Bonchev–Trinajstić information content (AvgIpc) is 3.31. The number of fused-ring (bicyclic) bond motifs is 1. The monoisotopic (exact) mass is 561 g/mol. The highest BCUT2D eigenvalue weighted by Crippen LogP contribution is 2.41. The van der Waals surface area contributed by atoms with Crippen LogP contribution in [0.1, 0.15) is 64.0 Å². The normalized spacial score (nSPS) is 20.9. The standard InChI is InChI=1S/C29H34Cl2FN3O3/c1-19-6-8-21(32)10-13-29(5,20-7-9-23(30)24(31)16-20)25-17-33-26(35(19)25)18-37-22-11-14-34(15-12-22)27(36)38-28(2,3)4/h6-10,16-17,22H,1,11-15,18H2,2-5H3. The molecule has 1 atom stereocenters. The molecule has 0 bridgehead atoms. The molecule has 0 N–H and O–H groups in total. The lowest BCUT2D eigenvalue weighted by atomic mass is 9.76. The summed E-state index contributed by atoms with van der Waals surface area (Å²) in [6.45, 7) is 13.2. The summed E-state index contributed by atoms with van der Waals surface area (Å²) in [5.74, 6) is 0.323. The largest absolute Gasteiger partial charge is 0.444 e. The van der Waals surface area contributed by atoms with Gasteiger partial charge in [-0.3, -0.25) is 4.57 Å². The molecule has 4 rings (SSSR count). The number of imidazole rings is 1. The molecule has 3 heterocycles. The fraction of sp³-hybridized carbons (Fsp3) is 0.448. The Bertz CT molecular complexity index is 1270. The molecular weight excluding hydrogens is 528 g/mol. The van der Waals surface area contributed by atoms with Crippen LogP contribution in [0.15, 0.2) is 55.0 Å². The highest BCUT2D eigenvalue weighted by molar-refractivity contribution is 6.42. The summed E-state index contributed by atoms with van der Waals surface area (Å²) in [6, 6.07) is 5.47. The second-order valence-corrected chi connectivity index (χ2v) is 11.8. The van der Waals surface area contributed by atoms with Gasteiger partial charge in [-0.15, -0.1) is 0 Å². The van der Waals surface area contributed by atoms with Crippen LogP contribution in [0.5, 0.6) is 0 Å². The number of rotatable bonds is 4. The first-order valence-electron chi connectivity index (χ1n) is 12.7. The maximum atomic E-state index is 14.6. The molecule has 2 aliphatic rings. The zero-order valence-electron chi connectivity index (χ0n) is 22.3. The van der Waals surface area contributed by atoms with E-state index in [0.717, 1.165) is 11.3 Å². The Hall–Kier alpha value is -2.61. The molecule has 0 spiro atoms. The van der Waals surface area contributed by atoms with Crippen molar-refractivity contribution in [2.45, 2.75) is 70.7 Å². The number of halogens is 3. The highest BCUT2D eigenvalue weighted by Gasteiger charge is 2.35. The van der Waals surface area contributed by atoms with E-state index in [1.165, 1.54) is 6.08 Å². The molecular formula is C29H34Cl2FN3O3. The number of likely N-dealkylation sites (tertiary alicyclic amines) is 1. The van der Waals surface area contributed by atoms with Crippen LogP contribution in [0.2, 0.25) is 10.0 Å². The van der Waals surface area contributed by atoms with Gasteiger partial charge in [0.1, 0.15) is 23.9 Å². The van der Waals surface area contributed by atoms with Gasteiger partial charge in [0.15, 0.2) is 0 Å². The third-order valence-corrected chi connectivity index (χ3v) is 7.67. The fourth-order valence-electron chi connectivity index (χ4n) is 4.76. The molecule has 2 aromatic rings. The van der Waals surface area contributed by atoms with E-state index < -0.39 is 11.0 Å². The van der Waals surface area contributed by atoms with Crippen LogP contribution < -0.4 is 0 Å². The summed E-state index contributed by atoms with van der Waals surface area (Å²) in [6.07, 6.45) is 7.85. The lowest BCUT2D eigenvalue weighted by molar-refractivity contribution is -0.0189. The van der Waals surface area contributed by atoms with Crippen LogP contribution in [0.3, 0.4) is 0 Å². The van der Waals surface area contributed by atoms with E-state index in [-0.39, 0.29) is 24.6 Å². The third-order valence-electron chi connectivity index (χ3n) is 6.93. The molecule has 0 aliphatic carbocycles. The molecule has 2 aliphatic heterocycles. The summed E-state index contributed by atoms with van der Waals surface area (Å²) < 4.78 is 28.2. The number of hydrogen-bond donors (Lipinski definition) is 0. The number of piperidine rings is 1. The van der Waals surface area contributed by atoms with E-state index in [9.17, 15) is 9.18 Å². The highest BCUT2D eigenvalue weighted by atomic mass is 35.5. The van der Waals surface area contributed by atoms with Crippen LogP contribution in [0.25, 0.3) is 5.70 Å². The van der Waals surface area contributed by atoms with Crippen LogP contribution in [0, 0.1) is 0 Å². The lowest BCUT2D eigenvalue weighted by Gasteiger charge is -2.33. The van der Waals surface area contributed by atoms with Gasteiger partial charge in [-0.1, -0.05) is 35.8 Å². The first kappa shape index (κ1) is 28.4. The van der Waals surface area contributed by atoms with Crippen LogP contribution >= 0.6 is 23.2 Å². The predicted molar refractivity (Wildman–Crippen MR) is 149 cm³/mol.